The zero-order valence-corrected chi connectivity index (χ0v) is 51.4. The minimum absolute atomic E-state index is 0.0232. The summed E-state index contributed by atoms with van der Waals surface area (Å²) in [6, 6.07) is 21.2. The molecule has 5 heterocycles. The molecule has 0 amide bonds. The van der Waals surface area contributed by atoms with Gasteiger partial charge in [-0.05, 0) is 83.4 Å². The third-order valence-corrected chi connectivity index (χ3v) is 16.2. The Kier molecular flexibility index (Phi) is 23.3. The Hall–Kier alpha value is -9.21. The molecule has 532 valence electrons. The summed E-state index contributed by atoms with van der Waals surface area (Å²) in [6.07, 6.45) is -33.0. The average molecular weight is 1390 g/mol. The van der Waals surface area contributed by atoms with Gasteiger partial charge in [0.2, 0.25) is 30.9 Å². The van der Waals surface area contributed by atoms with E-state index >= 15 is 0 Å². The molecule has 5 aliphatic rings. The second-order valence-electron chi connectivity index (χ2n) is 23.2. The van der Waals surface area contributed by atoms with Crippen LogP contribution in [-0.2, 0) is 52.3 Å². The third kappa shape index (κ3) is 17.3. The van der Waals surface area contributed by atoms with Gasteiger partial charge in [0.25, 0.3) is 11.9 Å². The number of hydrogen-bond acceptors (Lipinski definition) is 32. The van der Waals surface area contributed by atoms with Gasteiger partial charge in [-0.2, -0.15) is 0 Å². The molecule has 33 heteroatoms. The fraction of sp³-hybridized carbons (Fsp3) is 0.379. The standard InChI is InChI=1S/C66H70O33/c67-24-42-50(76)54(80)59(85)66(96-42)95-41-23-36-37(71)21-35(91-63-58(84)55(81)51(77)43(97-63)25-88-46(72)16-7-28-1-10-32(68)11-2-28)22-38(36)92-62(41)31-19-39(93-64-60(86)56(82)52(78)44(98-64)26-89-47(73)17-8-29-3-12-33(69)13-4-29)49(75)40(20-31)94-65-61(87)57(83)53(79)45(99-65)27-90-48(74)18-9-30-5-14-34(70)15-6-30/h1-23,42-45,50-71,75-87H,24-27H2/p+1. The van der Waals surface area contributed by atoms with Gasteiger partial charge < -0.3 is 149 Å². The van der Waals surface area contributed by atoms with Crippen molar-refractivity contribution < 1.29 is 163 Å². The van der Waals surface area contributed by atoms with Crippen molar-refractivity contribution >= 4 is 42.2 Å². The third-order valence-electron chi connectivity index (χ3n) is 16.2. The first-order valence-corrected chi connectivity index (χ1v) is 30.4. The number of phenolic OH excluding ortho intramolecular Hbond substituents is 5. The molecule has 0 bridgehead atoms. The van der Waals surface area contributed by atoms with Gasteiger partial charge in [0.1, 0.15) is 152 Å². The van der Waals surface area contributed by atoms with Crippen LogP contribution in [0, 0.1) is 0 Å². The molecule has 0 aromatic heterocycles. The van der Waals surface area contributed by atoms with Gasteiger partial charge in [-0.1, -0.05) is 36.4 Å². The van der Waals surface area contributed by atoms with E-state index in [1.54, 1.807) is 0 Å². The van der Waals surface area contributed by atoms with Crippen molar-refractivity contribution in [3.63, 3.8) is 0 Å². The number of fused-ring (bicyclic) bond motifs is 1. The van der Waals surface area contributed by atoms with Crippen LogP contribution in [0.4, 0.5) is 0 Å². The van der Waals surface area contributed by atoms with Crippen LogP contribution >= 0.6 is 0 Å². The summed E-state index contributed by atoms with van der Waals surface area (Å²) in [7, 11) is 0. The number of esters is 3. The van der Waals surface area contributed by atoms with Gasteiger partial charge in [0.15, 0.2) is 17.3 Å². The Morgan fingerprint density at radius 1 is 0.414 bits per heavy atom. The minimum Gasteiger partial charge on any atom is -0.571 e. The highest BCUT2D eigenvalue weighted by Gasteiger charge is 2.51. The first kappa shape index (κ1) is 72.5. The van der Waals surface area contributed by atoms with Crippen LogP contribution in [0.1, 0.15) is 33.9 Å². The number of rotatable bonds is 22. The van der Waals surface area contributed by atoms with E-state index in [2.05, 4.69) is 0 Å². The number of phenols is 5. The van der Waals surface area contributed by atoms with Crippen molar-refractivity contribution in [3.05, 3.63) is 149 Å². The molecule has 5 aromatic rings. The topological polar surface area (TPSA) is 530 Å². The highest BCUT2D eigenvalue weighted by molar-refractivity contribution is 5.88. The zero-order valence-electron chi connectivity index (χ0n) is 51.4. The van der Waals surface area contributed by atoms with E-state index in [0.717, 1.165) is 48.6 Å². The summed E-state index contributed by atoms with van der Waals surface area (Å²) in [5.74, 6) is -7.54. The maximum Gasteiger partial charge on any atom is 0.330 e. The summed E-state index contributed by atoms with van der Waals surface area (Å²) >= 11 is 0. The lowest BCUT2D eigenvalue weighted by Crippen LogP contribution is -2.60. The first-order chi connectivity index (χ1) is 47.2. The summed E-state index contributed by atoms with van der Waals surface area (Å²) in [4.78, 5) is 38.4. The Morgan fingerprint density at radius 2 is 0.758 bits per heavy atom. The second-order valence-corrected chi connectivity index (χ2v) is 23.2. The first-order valence-electron chi connectivity index (χ1n) is 30.4. The van der Waals surface area contributed by atoms with E-state index in [9.17, 15) is 106 Å². The molecule has 4 fully saturated rings. The van der Waals surface area contributed by atoms with Crippen LogP contribution < -0.4 is 14.2 Å². The van der Waals surface area contributed by atoms with Gasteiger partial charge in [0.05, 0.1) is 18.2 Å². The van der Waals surface area contributed by atoms with Crippen molar-refractivity contribution in [2.45, 2.75) is 129 Å². The van der Waals surface area contributed by atoms with Crippen LogP contribution in [0.15, 0.2) is 121 Å². The SMILES string of the molecule is O=C(C=Cc1ccc(O)cc1)OCC1OC(Oc2cc(O)c3c(c2)[OH+]C(c2cc(OC4OC(COC(=O)C=Cc5ccc(O)cc5)C(O)C(O)C4O)c(O)c(OC4OC(COC(=O)C=Cc5ccc(O)cc5)C(O)C(O)C4O)c2)C(OC2OC(CO)C(O)C(O)C2O)=C3)C(O)C(O)C1O. The van der Waals surface area contributed by atoms with E-state index in [1.807, 2.05) is 0 Å². The number of aliphatic hydroxyl groups is 14. The molecule has 4 saturated heterocycles. The zero-order chi connectivity index (χ0) is 71.1. The summed E-state index contributed by atoms with van der Waals surface area (Å²) in [6.45, 7) is -3.27. The average Bonchev–Trinajstić information content (AvgIpc) is 0.765. The molecular weight excluding hydrogens is 1320 g/mol. The molecule has 21 unspecified atom stereocenters. The van der Waals surface area contributed by atoms with Gasteiger partial charge in [-0.15, -0.1) is 0 Å². The van der Waals surface area contributed by atoms with Gasteiger partial charge in [-0.25, -0.2) is 14.4 Å². The lowest BCUT2D eigenvalue weighted by Gasteiger charge is -2.41. The molecule has 5 aliphatic heterocycles. The monoisotopic (exact) mass is 1390 g/mol. The van der Waals surface area contributed by atoms with Crippen molar-refractivity contribution in [2.75, 3.05) is 26.4 Å². The Bertz CT molecular complexity index is 3600. The molecule has 0 spiro atoms. The summed E-state index contributed by atoms with van der Waals surface area (Å²) in [5, 5.41) is 196. The fourth-order valence-corrected chi connectivity index (χ4v) is 10.6. The largest absolute Gasteiger partial charge is 0.571 e. The molecule has 10 rings (SSSR count). The number of ether oxygens (including phenoxy) is 12. The van der Waals surface area contributed by atoms with Crippen LogP contribution in [0.2, 0.25) is 0 Å². The van der Waals surface area contributed by atoms with E-state index in [-0.39, 0.29) is 39.9 Å². The molecule has 0 saturated carbocycles. The van der Waals surface area contributed by atoms with Gasteiger partial charge in [0, 0.05) is 30.4 Å². The van der Waals surface area contributed by atoms with Crippen molar-refractivity contribution in [1.29, 1.82) is 0 Å². The smallest absolute Gasteiger partial charge is 0.330 e. The Morgan fingerprint density at radius 3 is 1.13 bits per heavy atom. The Labute approximate surface area is 559 Å². The predicted molar refractivity (Wildman–Crippen MR) is 330 cm³/mol. The maximum absolute atomic E-state index is 12.9. The number of hydrogen-bond donors (Lipinski definition) is 18. The minimum atomic E-state index is -2.22. The molecule has 33 nitrogen and oxygen atoms in total. The highest BCUT2D eigenvalue weighted by atomic mass is 16.7. The van der Waals surface area contributed by atoms with Crippen LogP contribution in [0.3, 0.4) is 0 Å². The summed E-state index contributed by atoms with van der Waals surface area (Å²) < 4.78 is 67.9. The van der Waals surface area contributed by atoms with Crippen LogP contribution in [0.5, 0.6) is 51.7 Å². The molecule has 19 N–H and O–H groups in total. The second kappa shape index (κ2) is 31.8. The van der Waals surface area contributed by atoms with Gasteiger partial charge >= 0.3 is 17.9 Å². The normalized spacial score (nSPS) is 31.5. The van der Waals surface area contributed by atoms with Gasteiger partial charge in [-0.3, -0.25) is 0 Å². The lowest BCUT2D eigenvalue weighted by atomic mass is 9.98. The molecule has 5 aromatic carbocycles. The molecule has 0 radical (unpaired) electrons. The number of carbonyl (C=O) groups excluding carboxylic acids is 3. The fourth-order valence-electron chi connectivity index (χ4n) is 10.6. The van der Waals surface area contributed by atoms with E-state index in [0.29, 0.717) is 16.7 Å². The van der Waals surface area contributed by atoms with E-state index in [4.69, 9.17) is 56.8 Å². The molecule has 99 heavy (non-hydrogen) atoms. The van der Waals surface area contributed by atoms with E-state index < -0.39 is 202 Å². The van der Waals surface area contributed by atoms with Crippen molar-refractivity contribution in [3.8, 4) is 51.7 Å². The number of aromatic hydroxyl groups is 6. The number of carbonyl (C=O) groups is 3. The molecular formula is C66H71O33+. The predicted octanol–water partition coefficient (Wildman–Crippen LogP) is -2.30. The number of aliphatic hydroxyl groups excluding tert-OH is 13. The van der Waals surface area contributed by atoms with Crippen molar-refractivity contribution in [1.82, 2.24) is 0 Å². The number of benzene rings is 5. The molecule has 0 aliphatic carbocycles. The Balaban J connectivity index is 0.980. The lowest BCUT2D eigenvalue weighted by molar-refractivity contribution is -0.295. The maximum atomic E-state index is 12.9. The highest BCUT2D eigenvalue weighted by Crippen LogP contribution is 2.50. The summed E-state index contributed by atoms with van der Waals surface area (Å²) in [5.41, 5.74) is 0.915. The van der Waals surface area contributed by atoms with E-state index in [1.165, 1.54) is 91.0 Å². The van der Waals surface area contributed by atoms with Crippen molar-refractivity contribution in [2.24, 2.45) is 0 Å². The quantitative estimate of drug-likeness (QED) is 0.0150. The van der Waals surface area contributed by atoms with Crippen LogP contribution in [0.25, 0.3) is 24.3 Å². The van der Waals surface area contributed by atoms with Crippen LogP contribution in [-0.4, -0.2) is 264 Å². The molecule has 21 atom stereocenters.